The van der Waals surface area contributed by atoms with Crippen LogP contribution in [0.1, 0.15) is 36.1 Å². The van der Waals surface area contributed by atoms with Crippen molar-refractivity contribution in [2.24, 2.45) is 0 Å². The zero-order valence-electron chi connectivity index (χ0n) is 22.6. The number of nitrogens with zero attached hydrogens (tertiary/aromatic N) is 4. The Morgan fingerprint density at radius 3 is 1.27 bits per heavy atom. The molecule has 0 aliphatic heterocycles. The minimum atomic E-state index is -4.64. The summed E-state index contributed by atoms with van der Waals surface area (Å²) in [7, 11) is 0. The molecule has 3 aromatic rings. The smallest absolute Gasteiger partial charge is 0.425 e. The number of alkyl halides is 6. The van der Waals surface area contributed by atoms with Crippen molar-refractivity contribution in [1.29, 1.82) is 10.5 Å². The Kier molecular flexibility index (Phi) is 7.12. The van der Waals surface area contributed by atoms with E-state index in [1.165, 1.54) is 36.4 Å². The summed E-state index contributed by atoms with van der Waals surface area (Å²) in [6.07, 6.45) is -13.5. The van der Waals surface area contributed by atoms with Gasteiger partial charge in [-0.25, -0.2) is 20.2 Å². The van der Waals surface area contributed by atoms with E-state index in [1.807, 2.05) is 12.1 Å². The molecule has 0 radical (unpaired) electrons. The van der Waals surface area contributed by atoms with E-state index in [0.717, 1.165) is 13.8 Å². The lowest BCUT2D eigenvalue weighted by Gasteiger charge is -2.18. The molecule has 0 N–H and O–H groups in total. The maximum Gasteiger partial charge on any atom is 0.425 e. The molecule has 0 aromatic heterocycles. The summed E-state index contributed by atoms with van der Waals surface area (Å²) in [6.45, 7) is 16.9. The molecule has 0 saturated carbocycles. The standard InChI is InChI=1S/C32H16F6N4O2/c1-15(31(33,34)35)43-17-5-7-19-21-11-22-20-8-6-18(44-16(2)32(36,37)38)10-24(20)30(28(14-40)42-4)26(22)12-25(21)29(23(19)9-17)27(13-39)41-3/h5-12,15-16H,1-2H3/b29-27-,30-28+. The van der Waals surface area contributed by atoms with Crippen molar-refractivity contribution in [2.75, 3.05) is 0 Å². The van der Waals surface area contributed by atoms with Crippen LogP contribution in [0.2, 0.25) is 0 Å². The lowest BCUT2D eigenvalue weighted by molar-refractivity contribution is -0.189. The van der Waals surface area contributed by atoms with Gasteiger partial charge in [0.15, 0.2) is 12.2 Å². The number of rotatable bonds is 4. The average molecular weight is 602 g/mol. The molecular formula is C32H16F6N4O2. The second-order valence-corrected chi connectivity index (χ2v) is 9.86. The lowest BCUT2D eigenvalue weighted by atomic mass is 9.94. The molecule has 0 bridgehead atoms. The van der Waals surface area contributed by atoms with Gasteiger partial charge >= 0.3 is 12.4 Å². The van der Waals surface area contributed by atoms with Crippen LogP contribution in [0.3, 0.4) is 0 Å². The number of benzene rings is 3. The van der Waals surface area contributed by atoms with Crippen LogP contribution in [0.25, 0.3) is 43.1 Å². The fourth-order valence-corrected chi connectivity index (χ4v) is 5.15. The molecule has 2 atom stereocenters. The van der Waals surface area contributed by atoms with Gasteiger partial charge in [0.1, 0.15) is 11.5 Å². The molecule has 2 aliphatic rings. The zero-order chi connectivity index (χ0) is 32.1. The average Bonchev–Trinajstić information content (AvgIpc) is 3.44. The number of nitriles is 2. The van der Waals surface area contributed by atoms with Gasteiger partial charge in [0.05, 0.1) is 25.3 Å². The molecule has 0 spiro atoms. The monoisotopic (exact) mass is 602 g/mol. The van der Waals surface area contributed by atoms with Crippen LogP contribution in [-0.4, -0.2) is 24.6 Å². The van der Waals surface area contributed by atoms with Crippen LogP contribution < -0.4 is 9.47 Å². The van der Waals surface area contributed by atoms with Crippen molar-refractivity contribution in [3.05, 3.63) is 105 Å². The van der Waals surface area contributed by atoms with Crippen LogP contribution in [-0.2, 0) is 0 Å². The summed E-state index contributed by atoms with van der Waals surface area (Å²) < 4.78 is 89.2. The Balaban J connectivity index is 1.74. The van der Waals surface area contributed by atoms with Crippen molar-refractivity contribution in [3.8, 4) is 45.9 Å². The van der Waals surface area contributed by atoms with Crippen molar-refractivity contribution in [2.45, 2.75) is 38.4 Å². The highest BCUT2D eigenvalue weighted by atomic mass is 19.4. The van der Waals surface area contributed by atoms with Crippen molar-refractivity contribution >= 4 is 11.1 Å². The van der Waals surface area contributed by atoms with E-state index in [9.17, 15) is 36.9 Å². The summed E-state index contributed by atoms with van der Waals surface area (Å²) in [5.74, 6) is -0.278. The number of fused-ring (bicyclic) bond motifs is 6. The van der Waals surface area contributed by atoms with Gasteiger partial charge in [-0.2, -0.15) is 26.3 Å². The summed E-state index contributed by atoms with van der Waals surface area (Å²) in [5, 5.41) is 19.6. The number of halogens is 6. The Labute approximate surface area is 246 Å². The molecule has 5 rings (SSSR count). The minimum absolute atomic E-state index is 0.125. The van der Waals surface area contributed by atoms with E-state index in [2.05, 4.69) is 9.69 Å². The third kappa shape index (κ3) is 4.87. The van der Waals surface area contributed by atoms with E-state index >= 15 is 0 Å². The Bertz CT molecular complexity index is 1810. The largest absolute Gasteiger partial charge is 0.481 e. The van der Waals surface area contributed by atoms with Crippen molar-refractivity contribution < 1.29 is 35.8 Å². The second kappa shape index (κ2) is 10.5. The van der Waals surface area contributed by atoms with Crippen LogP contribution in [0.15, 0.2) is 59.9 Å². The topological polar surface area (TPSA) is 74.8 Å². The predicted octanol–water partition coefficient (Wildman–Crippen LogP) is 8.71. The molecule has 6 nitrogen and oxygen atoms in total. The fraction of sp³-hybridized carbons (Fsp3) is 0.188. The summed E-state index contributed by atoms with van der Waals surface area (Å²) in [5.41, 5.74) is 2.82. The van der Waals surface area contributed by atoms with Gasteiger partial charge in [-0.05, 0) is 94.8 Å². The molecule has 2 aliphatic carbocycles. The zero-order valence-corrected chi connectivity index (χ0v) is 22.6. The van der Waals surface area contributed by atoms with E-state index in [4.69, 9.17) is 22.6 Å². The molecule has 0 fully saturated rings. The number of allylic oxidation sites excluding steroid dienone is 2. The second-order valence-electron chi connectivity index (χ2n) is 9.86. The van der Waals surface area contributed by atoms with Gasteiger partial charge in [0.2, 0.25) is 0 Å². The number of hydrogen-bond acceptors (Lipinski definition) is 4. The first-order valence-corrected chi connectivity index (χ1v) is 12.7. The van der Waals surface area contributed by atoms with E-state index in [1.54, 1.807) is 12.1 Å². The molecular weight excluding hydrogens is 586 g/mol. The SMILES string of the molecule is [C-]#[N+]/C(C#N)=C1\c2cc(OC(C)C(F)(F)F)ccc2-c2cc3c(cc21)/C(=C(/C#N)[N+]#[C-])c1cc(OC(C)C(F)(F)F)ccc1-3. The van der Waals surface area contributed by atoms with Crippen LogP contribution in [0, 0.1) is 35.8 Å². The first-order valence-electron chi connectivity index (χ1n) is 12.7. The highest BCUT2D eigenvalue weighted by Crippen LogP contribution is 2.54. The quantitative estimate of drug-likeness (QED) is 0.117. The van der Waals surface area contributed by atoms with E-state index < -0.39 is 24.6 Å². The normalized spacial score (nSPS) is 16.5. The minimum Gasteiger partial charge on any atom is -0.481 e. The third-order valence-corrected chi connectivity index (χ3v) is 7.25. The van der Waals surface area contributed by atoms with Crippen LogP contribution in [0.4, 0.5) is 26.3 Å². The Morgan fingerprint density at radius 2 is 0.955 bits per heavy atom. The van der Waals surface area contributed by atoms with Gasteiger partial charge in [0, 0.05) is 11.1 Å². The molecule has 0 saturated heterocycles. The first kappa shape index (κ1) is 29.8. The van der Waals surface area contributed by atoms with Gasteiger partial charge in [-0.15, -0.1) is 0 Å². The van der Waals surface area contributed by atoms with Gasteiger partial charge in [0.25, 0.3) is 11.4 Å². The third-order valence-electron chi connectivity index (χ3n) is 7.25. The van der Waals surface area contributed by atoms with Crippen molar-refractivity contribution in [1.82, 2.24) is 0 Å². The molecule has 44 heavy (non-hydrogen) atoms. The van der Waals surface area contributed by atoms with Gasteiger partial charge in [-0.3, -0.25) is 0 Å². The predicted molar refractivity (Wildman–Crippen MR) is 146 cm³/mol. The molecule has 218 valence electrons. The van der Waals surface area contributed by atoms with Crippen LogP contribution in [0.5, 0.6) is 11.5 Å². The molecule has 3 aromatic carbocycles. The van der Waals surface area contributed by atoms with E-state index in [0.29, 0.717) is 33.4 Å². The van der Waals surface area contributed by atoms with Gasteiger partial charge in [-0.1, -0.05) is 12.1 Å². The Morgan fingerprint density at radius 1 is 0.614 bits per heavy atom. The first-order chi connectivity index (χ1) is 20.7. The maximum atomic E-state index is 13.2. The van der Waals surface area contributed by atoms with E-state index in [-0.39, 0.29) is 45.2 Å². The molecule has 2 unspecified atom stereocenters. The highest BCUT2D eigenvalue weighted by molar-refractivity contribution is 6.10. The number of hydrogen-bond donors (Lipinski definition) is 0. The summed E-state index contributed by atoms with van der Waals surface area (Å²) in [4.78, 5) is 6.64. The fourth-order valence-electron chi connectivity index (χ4n) is 5.15. The highest BCUT2D eigenvalue weighted by Gasteiger charge is 2.40. The van der Waals surface area contributed by atoms with Gasteiger partial charge < -0.3 is 9.47 Å². The van der Waals surface area contributed by atoms with Crippen molar-refractivity contribution in [3.63, 3.8) is 0 Å². The number of ether oxygens (including phenoxy) is 2. The summed E-state index contributed by atoms with van der Waals surface area (Å²) >= 11 is 0. The van der Waals surface area contributed by atoms with Crippen LogP contribution >= 0.6 is 0 Å². The maximum absolute atomic E-state index is 13.2. The summed E-state index contributed by atoms with van der Waals surface area (Å²) in [6, 6.07) is 15.2. The Hall–Kier alpha value is -5.72. The lowest BCUT2D eigenvalue weighted by Crippen LogP contribution is -2.31. The molecule has 12 heteroatoms. The molecule has 0 heterocycles. The molecule has 0 amide bonds.